The van der Waals surface area contributed by atoms with Crippen molar-refractivity contribution >= 4 is 0 Å². The van der Waals surface area contributed by atoms with E-state index in [1.165, 1.54) is 42.5 Å². The molecular formula is C17H22N2. The van der Waals surface area contributed by atoms with Gasteiger partial charge >= 0.3 is 0 Å². The minimum atomic E-state index is 0.535. The number of hydrogen-bond acceptors (Lipinski definition) is 1. The van der Waals surface area contributed by atoms with Crippen molar-refractivity contribution in [1.29, 1.82) is 0 Å². The first-order valence-electron chi connectivity index (χ1n) is 7.34. The zero-order valence-electron chi connectivity index (χ0n) is 11.8. The second-order valence-corrected chi connectivity index (χ2v) is 6.01. The van der Waals surface area contributed by atoms with Crippen LogP contribution in [0.2, 0.25) is 0 Å². The summed E-state index contributed by atoms with van der Waals surface area (Å²) in [6.07, 6.45) is 12.6. The molecule has 0 saturated heterocycles. The maximum Gasteiger partial charge on any atom is 0.0349 e. The fourth-order valence-corrected chi connectivity index (χ4v) is 2.84. The van der Waals surface area contributed by atoms with Crippen LogP contribution < -0.4 is 0 Å². The summed E-state index contributed by atoms with van der Waals surface area (Å²) < 4.78 is 2.34. The lowest BCUT2D eigenvalue weighted by Crippen LogP contribution is -2.16. The van der Waals surface area contributed by atoms with Gasteiger partial charge in [0.05, 0.1) is 0 Å². The zero-order chi connectivity index (χ0) is 13.2. The highest BCUT2D eigenvalue weighted by Crippen LogP contribution is 2.31. The van der Waals surface area contributed by atoms with Crippen molar-refractivity contribution in [3.63, 3.8) is 0 Å². The lowest BCUT2D eigenvalue weighted by Gasteiger charge is -2.25. The first kappa shape index (κ1) is 12.5. The Kier molecular flexibility index (Phi) is 3.41. The average Bonchev–Trinajstić information content (AvgIpc) is 2.82. The molecular weight excluding hydrogens is 232 g/mol. The van der Waals surface area contributed by atoms with Crippen LogP contribution >= 0.6 is 0 Å². The monoisotopic (exact) mass is 254 g/mol. The molecule has 0 spiro atoms. The summed E-state index contributed by atoms with van der Waals surface area (Å²) in [7, 11) is 0. The fourth-order valence-electron chi connectivity index (χ4n) is 2.84. The molecule has 1 fully saturated rings. The van der Waals surface area contributed by atoms with Gasteiger partial charge in [0.2, 0.25) is 0 Å². The molecule has 0 atom stereocenters. The zero-order valence-corrected chi connectivity index (χ0v) is 11.8. The Morgan fingerprint density at radius 3 is 2.84 bits per heavy atom. The Bertz CT molecular complexity index is 550. The van der Waals surface area contributed by atoms with E-state index in [2.05, 4.69) is 47.9 Å². The van der Waals surface area contributed by atoms with E-state index >= 15 is 0 Å². The van der Waals surface area contributed by atoms with Gasteiger partial charge in [-0.1, -0.05) is 20.3 Å². The Balaban J connectivity index is 1.85. The minimum Gasteiger partial charge on any atom is -0.353 e. The van der Waals surface area contributed by atoms with Crippen LogP contribution in [0.5, 0.6) is 0 Å². The molecule has 2 aromatic heterocycles. The van der Waals surface area contributed by atoms with Gasteiger partial charge < -0.3 is 4.57 Å². The van der Waals surface area contributed by atoms with Crippen molar-refractivity contribution in [3.8, 4) is 11.1 Å². The predicted octanol–water partition coefficient (Wildman–Crippen LogP) is 4.47. The third-order valence-electron chi connectivity index (χ3n) is 4.23. The van der Waals surface area contributed by atoms with Gasteiger partial charge in [0, 0.05) is 42.5 Å². The van der Waals surface area contributed by atoms with Gasteiger partial charge in [0.1, 0.15) is 0 Å². The van der Waals surface area contributed by atoms with Crippen LogP contribution in [0.1, 0.15) is 44.6 Å². The van der Waals surface area contributed by atoms with Crippen LogP contribution in [0.25, 0.3) is 11.1 Å². The molecule has 0 aromatic carbocycles. The highest BCUT2D eigenvalue weighted by molar-refractivity contribution is 5.66. The smallest absolute Gasteiger partial charge is 0.0349 e. The molecule has 0 radical (unpaired) electrons. The number of pyridine rings is 1. The third kappa shape index (κ3) is 2.58. The average molecular weight is 254 g/mol. The van der Waals surface area contributed by atoms with Crippen LogP contribution in [0, 0.1) is 5.92 Å². The first-order chi connectivity index (χ1) is 9.24. The first-order valence-corrected chi connectivity index (χ1v) is 7.34. The van der Waals surface area contributed by atoms with Crippen LogP contribution in [0.4, 0.5) is 0 Å². The molecule has 0 bridgehead atoms. The van der Waals surface area contributed by atoms with Gasteiger partial charge in [-0.3, -0.25) is 4.98 Å². The second-order valence-electron chi connectivity index (χ2n) is 6.01. The molecule has 2 nitrogen and oxygen atoms in total. The standard InChI is InChI=1S/C17H22N2/c1-13(2)16-6-8-18-10-17(16)15-7-9-19(12-15)11-14-4-3-5-14/h6-10,12-14H,3-5,11H2,1-2H3. The summed E-state index contributed by atoms with van der Waals surface area (Å²) in [4.78, 5) is 4.29. The molecule has 1 aliphatic carbocycles. The Hall–Kier alpha value is -1.57. The van der Waals surface area contributed by atoms with Crippen molar-refractivity contribution in [1.82, 2.24) is 9.55 Å². The highest BCUT2D eigenvalue weighted by atomic mass is 14.9. The van der Waals surface area contributed by atoms with E-state index in [1.807, 2.05) is 12.4 Å². The molecule has 2 aromatic rings. The van der Waals surface area contributed by atoms with Gasteiger partial charge in [0.15, 0.2) is 0 Å². The van der Waals surface area contributed by atoms with Crippen molar-refractivity contribution < 1.29 is 0 Å². The maximum atomic E-state index is 4.29. The summed E-state index contributed by atoms with van der Waals surface area (Å²) in [5.74, 6) is 1.44. The number of nitrogens with zero attached hydrogens (tertiary/aromatic N) is 2. The molecule has 2 heteroatoms. The van der Waals surface area contributed by atoms with E-state index in [1.54, 1.807) is 0 Å². The fraction of sp³-hybridized carbons (Fsp3) is 0.471. The molecule has 0 unspecified atom stereocenters. The summed E-state index contributed by atoms with van der Waals surface area (Å²) >= 11 is 0. The van der Waals surface area contributed by atoms with E-state index in [0.29, 0.717) is 5.92 Å². The van der Waals surface area contributed by atoms with Crippen molar-refractivity contribution in [2.45, 2.75) is 45.6 Å². The van der Waals surface area contributed by atoms with E-state index < -0.39 is 0 Å². The SMILES string of the molecule is CC(C)c1ccncc1-c1ccn(CC2CCC2)c1. The Morgan fingerprint density at radius 2 is 2.16 bits per heavy atom. The molecule has 100 valence electrons. The lowest BCUT2D eigenvalue weighted by atomic mass is 9.85. The van der Waals surface area contributed by atoms with Crippen LogP contribution in [-0.2, 0) is 6.54 Å². The van der Waals surface area contributed by atoms with E-state index in [4.69, 9.17) is 0 Å². The maximum absolute atomic E-state index is 4.29. The summed E-state index contributed by atoms with van der Waals surface area (Å²) in [6, 6.07) is 4.37. The Labute approximate surface area is 115 Å². The van der Waals surface area contributed by atoms with Crippen LogP contribution in [0.3, 0.4) is 0 Å². The molecule has 0 amide bonds. The topological polar surface area (TPSA) is 17.8 Å². The van der Waals surface area contributed by atoms with E-state index in [-0.39, 0.29) is 0 Å². The van der Waals surface area contributed by atoms with Gasteiger partial charge in [-0.05, 0) is 42.4 Å². The molecule has 3 rings (SSSR count). The molecule has 19 heavy (non-hydrogen) atoms. The Morgan fingerprint density at radius 1 is 1.32 bits per heavy atom. The lowest BCUT2D eigenvalue weighted by molar-refractivity contribution is 0.277. The highest BCUT2D eigenvalue weighted by Gasteiger charge is 2.18. The number of aromatic nitrogens is 2. The van der Waals surface area contributed by atoms with Gasteiger partial charge in [-0.25, -0.2) is 0 Å². The van der Waals surface area contributed by atoms with Crippen LogP contribution in [0.15, 0.2) is 36.9 Å². The van der Waals surface area contributed by atoms with Crippen molar-refractivity contribution in [2.75, 3.05) is 0 Å². The van der Waals surface area contributed by atoms with Gasteiger partial charge in [0.25, 0.3) is 0 Å². The molecule has 0 aliphatic heterocycles. The van der Waals surface area contributed by atoms with E-state index in [0.717, 1.165) is 5.92 Å². The summed E-state index contributed by atoms with van der Waals surface area (Å²) in [5.41, 5.74) is 3.97. The number of rotatable bonds is 4. The van der Waals surface area contributed by atoms with Crippen molar-refractivity contribution in [3.05, 3.63) is 42.5 Å². The molecule has 1 aliphatic rings. The molecule has 1 saturated carbocycles. The minimum absolute atomic E-state index is 0.535. The molecule has 0 N–H and O–H groups in total. The predicted molar refractivity (Wildman–Crippen MR) is 79.1 cm³/mol. The normalized spacial score (nSPS) is 15.7. The number of hydrogen-bond donors (Lipinski definition) is 0. The second kappa shape index (κ2) is 5.20. The molecule has 2 heterocycles. The van der Waals surface area contributed by atoms with Gasteiger partial charge in [-0.2, -0.15) is 0 Å². The third-order valence-corrected chi connectivity index (χ3v) is 4.23. The quantitative estimate of drug-likeness (QED) is 0.787. The van der Waals surface area contributed by atoms with Gasteiger partial charge in [-0.15, -0.1) is 0 Å². The van der Waals surface area contributed by atoms with Crippen LogP contribution in [-0.4, -0.2) is 9.55 Å². The summed E-state index contributed by atoms with van der Waals surface area (Å²) in [5, 5.41) is 0. The van der Waals surface area contributed by atoms with E-state index in [9.17, 15) is 0 Å². The largest absolute Gasteiger partial charge is 0.353 e. The van der Waals surface area contributed by atoms with Crippen molar-refractivity contribution in [2.24, 2.45) is 5.92 Å². The summed E-state index contributed by atoms with van der Waals surface area (Å²) in [6.45, 7) is 5.66.